The van der Waals surface area contributed by atoms with Crippen molar-refractivity contribution < 1.29 is 17.7 Å². The summed E-state index contributed by atoms with van der Waals surface area (Å²) in [5.74, 6) is -0.361. The number of rotatable bonds is 6. The van der Waals surface area contributed by atoms with Crippen LogP contribution in [0.15, 0.2) is 64.0 Å². The highest BCUT2D eigenvalue weighted by molar-refractivity contribution is 7.94. The summed E-state index contributed by atoms with van der Waals surface area (Å²) in [6.07, 6.45) is 3.12. The molecule has 1 aromatic heterocycles. The van der Waals surface area contributed by atoms with Crippen molar-refractivity contribution in [2.24, 2.45) is 0 Å². The maximum Gasteiger partial charge on any atom is 0.248 e. The molecule has 0 aliphatic rings. The van der Waals surface area contributed by atoms with Gasteiger partial charge in [-0.2, -0.15) is 0 Å². The van der Waals surface area contributed by atoms with Crippen molar-refractivity contribution in [1.82, 2.24) is 5.16 Å². The summed E-state index contributed by atoms with van der Waals surface area (Å²) >= 11 is 0. The summed E-state index contributed by atoms with van der Waals surface area (Å²) in [7, 11) is -3.95. The minimum atomic E-state index is -3.95. The number of benzene rings is 2. The summed E-state index contributed by atoms with van der Waals surface area (Å²) in [5, 5.41) is 6.38. The molecule has 1 N–H and O–H groups in total. The van der Waals surface area contributed by atoms with E-state index in [9.17, 15) is 13.2 Å². The van der Waals surface area contributed by atoms with Crippen molar-refractivity contribution in [2.45, 2.75) is 25.7 Å². The normalized spacial score (nSPS) is 11.6. The van der Waals surface area contributed by atoms with Crippen LogP contribution in [0.5, 0.6) is 0 Å². The van der Waals surface area contributed by atoms with E-state index >= 15 is 0 Å². The molecule has 0 spiro atoms. The lowest BCUT2D eigenvalue weighted by molar-refractivity contribution is -0.111. The van der Waals surface area contributed by atoms with E-state index in [2.05, 4.69) is 15.2 Å². The first-order chi connectivity index (χ1) is 13.7. The first-order valence-electron chi connectivity index (χ1n) is 8.81. The third kappa shape index (κ3) is 5.11. The number of anilines is 1. The van der Waals surface area contributed by atoms with Gasteiger partial charge < -0.3 is 14.6 Å². The molecule has 0 saturated heterocycles. The molecule has 7 nitrogen and oxygen atoms in total. The van der Waals surface area contributed by atoms with Crippen LogP contribution in [-0.4, -0.2) is 19.5 Å². The second kappa shape index (κ2) is 8.32. The van der Waals surface area contributed by atoms with E-state index in [4.69, 9.17) is 4.52 Å². The molecule has 0 aliphatic carbocycles. The van der Waals surface area contributed by atoms with Gasteiger partial charge in [0.05, 0.1) is 16.5 Å². The molecule has 0 saturated carbocycles. The molecular formula is C21H20N3O4S-. The number of carbonyl (C=O) groups excluding carboxylic acids is 1. The molecule has 0 fully saturated rings. The van der Waals surface area contributed by atoms with Crippen LogP contribution in [-0.2, 0) is 14.8 Å². The maximum absolute atomic E-state index is 12.4. The molecule has 8 heteroatoms. The molecule has 1 heterocycles. The van der Waals surface area contributed by atoms with Crippen LogP contribution >= 0.6 is 0 Å². The van der Waals surface area contributed by atoms with Crippen molar-refractivity contribution in [2.75, 3.05) is 5.32 Å². The first kappa shape index (κ1) is 20.3. The lowest BCUT2D eigenvalue weighted by Gasteiger charge is -2.19. The third-order valence-electron chi connectivity index (χ3n) is 4.26. The molecule has 0 unspecified atom stereocenters. The number of aryl methyl sites for hydroxylation is 2. The molecule has 29 heavy (non-hydrogen) atoms. The summed E-state index contributed by atoms with van der Waals surface area (Å²) in [5.41, 5.74) is 3.66. The van der Waals surface area contributed by atoms with Gasteiger partial charge in [0.1, 0.15) is 10.0 Å². The van der Waals surface area contributed by atoms with Crippen molar-refractivity contribution in [3.8, 4) is 0 Å². The largest absolute Gasteiger partial charge is 0.539 e. The van der Waals surface area contributed by atoms with Crippen molar-refractivity contribution in [1.29, 1.82) is 0 Å². The van der Waals surface area contributed by atoms with E-state index in [1.807, 2.05) is 31.2 Å². The Labute approximate surface area is 169 Å². The van der Waals surface area contributed by atoms with Gasteiger partial charge in [0.15, 0.2) is 0 Å². The quantitative estimate of drug-likeness (QED) is 0.596. The fourth-order valence-electron chi connectivity index (χ4n) is 2.39. The highest BCUT2D eigenvalue weighted by atomic mass is 32.2. The molecular weight excluding hydrogens is 390 g/mol. The van der Waals surface area contributed by atoms with Crippen LogP contribution < -0.4 is 5.32 Å². The Balaban J connectivity index is 1.65. The second-order valence-electron chi connectivity index (χ2n) is 6.52. The number of sulfonamides is 1. The van der Waals surface area contributed by atoms with Gasteiger partial charge in [-0.25, -0.2) is 8.42 Å². The van der Waals surface area contributed by atoms with E-state index < -0.39 is 10.0 Å². The highest BCUT2D eigenvalue weighted by Crippen LogP contribution is 2.32. The molecule has 0 atom stereocenters. The summed E-state index contributed by atoms with van der Waals surface area (Å²) in [6, 6.07) is 13.5. The predicted molar refractivity (Wildman–Crippen MR) is 111 cm³/mol. The van der Waals surface area contributed by atoms with Gasteiger partial charge in [0.25, 0.3) is 0 Å². The number of amides is 1. The van der Waals surface area contributed by atoms with Gasteiger partial charge >= 0.3 is 0 Å². The van der Waals surface area contributed by atoms with Crippen LogP contribution in [0.1, 0.15) is 22.4 Å². The van der Waals surface area contributed by atoms with Crippen LogP contribution in [0.4, 0.5) is 11.6 Å². The van der Waals surface area contributed by atoms with Crippen LogP contribution in [0.25, 0.3) is 10.8 Å². The maximum atomic E-state index is 12.4. The Morgan fingerprint density at radius 3 is 2.28 bits per heavy atom. The lowest BCUT2D eigenvalue weighted by atomic mass is 10.1. The van der Waals surface area contributed by atoms with Crippen LogP contribution in [0.2, 0.25) is 0 Å². The number of carbonyl (C=O) groups is 1. The van der Waals surface area contributed by atoms with Crippen LogP contribution in [0.3, 0.4) is 0 Å². The average Bonchev–Trinajstić information content (AvgIpc) is 2.99. The fraction of sp³-hybridized carbons (Fsp3) is 0.143. The fourth-order valence-corrected chi connectivity index (χ4v) is 3.37. The van der Waals surface area contributed by atoms with Crippen molar-refractivity contribution in [3.63, 3.8) is 0 Å². The van der Waals surface area contributed by atoms with Gasteiger partial charge in [-0.3, -0.25) is 4.79 Å². The summed E-state index contributed by atoms with van der Waals surface area (Å²) in [4.78, 5) is 12.0. The van der Waals surface area contributed by atoms with E-state index in [0.29, 0.717) is 16.9 Å². The topological polar surface area (TPSA) is 103 Å². The Bertz CT molecular complexity index is 1150. The first-order valence-corrected chi connectivity index (χ1v) is 10.3. The highest BCUT2D eigenvalue weighted by Gasteiger charge is 2.09. The molecule has 150 valence electrons. The molecule has 0 bridgehead atoms. The average molecular weight is 410 g/mol. The molecule has 3 rings (SSSR count). The zero-order valence-electron chi connectivity index (χ0n) is 16.2. The molecule has 0 aliphatic heterocycles. The van der Waals surface area contributed by atoms with E-state index in [1.54, 1.807) is 19.9 Å². The van der Waals surface area contributed by atoms with Gasteiger partial charge in [-0.1, -0.05) is 35.0 Å². The molecule has 2 aromatic carbocycles. The van der Waals surface area contributed by atoms with Gasteiger partial charge in [-0.15, -0.1) is 0 Å². The monoisotopic (exact) mass is 410 g/mol. The molecule has 0 radical (unpaired) electrons. The number of nitrogens with zero attached hydrogens (tertiary/aromatic N) is 2. The predicted octanol–water partition coefficient (Wildman–Crippen LogP) is 4.65. The molecule has 3 aromatic rings. The second-order valence-corrected chi connectivity index (χ2v) is 8.13. The lowest BCUT2D eigenvalue weighted by Crippen LogP contribution is -2.08. The van der Waals surface area contributed by atoms with Gasteiger partial charge in [0.2, 0.25) is 5.91 Å². The number of hydrogen-bond acceptors (Lipinski definition) is 5. The molecule has 1 amide bonds. The Morgan fingerprint density at radius 1 is 1.03 bits per heavy atom. The van der Waals surface area contributed by atoms with Crippen LogP contribution in [0, 0.1) is 20.8 Å². The van der Waals surface area contributed by atoms with Crippen molar-refractivity contribution >= 4 is 33.6 Å². The number of hydrogen-bond donors (Lipinski definition) is 1. The Hall–Kier alpha value is -3.39. The number of nitrogens with one attached hydrogen (secondary N) is 1. The number of aromatic nitrogens is 1. The minimum absolute atomic E-state index is 0.0147. The Kier molecular flexibility index (Phi) is 5.84. The van der Waals surface area contributed by atoms with E-state index in [-0.39, 0.29) is 16.7 Å². The third-order valence-corrected chi connectivity index (χ3v) is 5.53. The smallest absolute Gasteiger partial charge is 0.248 e. The summed E-state index contributed by atoms with van der Waals surface area (Å²) in [6.45, 7) is 5.38. The zero-order valence-corrected chi connectivity index (χ0v) is 17.0. The van der Waals surface area contributed by atoms with Gasteiger partial charge in [-0.05, 0) is 62.2 Å². The zero-order chi connectivity index (χ0) is 21.0. The van der Waals surface area contributed by atoms with Gasteiger partial charge in [0, 0.05) is 11.8 Å². The van der Waals surface area contributed by atoms with Crippen molar-refractivity contribution in [3.05, 3.63) is 81.7 Å². The minimum Gasteiger partial charge on any atom is -0.539 e. The van der Waals surface area contributed by atoms with E-state index in [0.717, 1.165) is 11.1 Å². The Morgan fingerprint density at radius 2 is 1.69 bits per heavy atom. The SMILES string of the molecule is Cc1ccc(C=CC(=O)Nc2ccc(S(=O)(=O)[N-]c3onc(C)c3C)cc2)cc1. The standard InChI is InChI=1S/C21H21N3O4S/c1-14-4-6-17(7-5-14)8-13-20(25)22-18-9-11-19(12-10-18)29(26,27)24-21-15(2)16(3)23-28-21/h4-13H,1-3H3,(H2,22,23,24,25)/p-1. The van der Waals surface area contributed by atoms with E-state index in [1.165, 1.54) is 30.3 Å². The summed E-state index contributed by atoms with van der Waals surface area (Å²) < 4.78 is 33.5.